The molecule has 0 spiro atoms. The smallest absolute Gasteiger partial charge is 0.255 e. The van der Waals surface area contributed by atoms with E-state index in [1.165, 1.54) is 0 Å². The van der Waals surface area contributed by atoms with Gasteiger partial charge in [-0.25, -0.2) is 0 Å². The molecule has 2 N–H and O–H groups in total. The summed E-state index contributed by atoms with van der Waals surface area (Å²) in [5.41, 5.74) is 2.84. The molecule has 0 unspecified atom stereocenters. The Labute approximate surface area is 128 Å². The summed E-state index contributed by atoms with van der Waals surface area (Å²) >= 11 is 0. The fourth-order valence-corrected chi connectivity index (χ4v) is 2.39. The SMILES string of the molecule is Cc1ccccc1CNC(=O)c1ccc2cccnc2c1O. The lowest BCUT2D eigenvalue weighted by molar-refractivity contribution is 0.0948. The van der Waals surface area contributed by atoms with Crippen LogP contribution in [-0.4, -0.2) is 16.0 Å². The fraction of sp³-hybridized carbons (Fsp3) is 0.111. The maximum atomic E-state index is 12.3. The van der Waals surface area contributed by atoms with Gasteiger partial charge in [-0.2, -0.15) is 0 Å². The van der Waals surface area contributed by atoms with Gasteiger partial charge < -0.3 is 10.4 Å². The number of phenolic OH excluding ortho intramolecular Hbond substituents is 1. The van der Waals surface area contributed by atoms with E-state index in [9.17, 15) is 9.90 Å². The minimum atomic E-state index is -0.312. The highest BCUT2D eigenvalue weighted by Gasteiger charge is 2.14. The first-order valence-electron chi connectivity index (χ1n) is 7.06. The molecule has 0 saturated carbocycles. The van der Waals surface area contributed by atoms with Gasteiger partial charge in [-0.1, -0.05) is 36.4 Å². The second-order valence-electron chi connectivity index (χ2n) is 5.15. The summed E-state index contributed by atoms with van der Waals surface area (Å²) in [6.07, 6.45) is 1.59. The number of amides is 1. The number of nitrogens with zero attached hydrogens (tertiary/aromatic N) is 1. The van der Waals surface area contributed by atoms with Gasteiger partial charge in [-0.05, 0) is 30.2 Å². The number of aryl methyl sites for hydroxylation is 1. The van der Waals surface area contributed by atoms with Crippen molar-refractivity contribution in [2.24, 2.45) is 0 Å². The first-order valence-corrected chi connectivity index (χ1v) is 7.06. The molecule has 0 fully saturated rings. The Bertz CT molecular complexity index is 843. The molecule has 22 heavy (non-hydrogen) atoms. The summed E-state index contributed by atoms with van der Waals surface area (Å²) < 4.78 is 0. The molecule has 1 heterocycles. The molecule has 1 amide bonds. The third kappa shape index (κ3) is 2.63. The number of benzene rings is 2. The fourth-order valence-electron chi connectivity index (χ4n) is 2.39. The van der Waals surface area contributed by atoms with E-state index in [4.69, 9.17) is 0 Å². The van der Waals surface area contributed by atoms with Gasteiger partial charge in [-0.15, -0.1) is 0 Å². The molecule has 3 aromatic rings. The van der Waals surface area contributed by atoms with Crippen LogP contribution in [0, 0.1) is 6.92 Å². The number of hydrogen-bond donors (Lipinski definition) is 2. The van der Waals surface area contributed by atoms with E-state index in [-0.39, 0.29) is 17.2 Å². The van der Waals surface area contributed by atoms with Gasteiger partial charge >= 0.3 is 0 Å². The molecule has 0 saturated heterocycles. The van der Waals surface area contributed by atoms with Gasteiger partial charge in [0.15, 0.2) is 5.75 Å². The first kappa shape index (κ1) is 14.1. The standard InChI is InChI=1S/C18H16N2O2/c1-12-5-2-3-6-14(12)11-20-18(22)15-9-8-13-7-4-10-19-16(13)17(15)21/h2-10,21H,11H2,1H3,(H,20,22). The number of carbonyl (C=O) groups is 1. The van der Waals surface area contributed by atoms with Crippen molar-refractivity contribution in [2.45, 2.75) is 13.5 Å². The van der Waals surface area contributed by atoms with E-state index in [2.05, 4.69) is 10.3 Å². The van der Waals surface area contributed by atoms with Crippen molar-refractivity contribution >= 4 is 16.8 Å². The van der Waals surface area contributed by atoms with Crippen LogP contribution in [0.1, 0.15) is 21.5 Å². The first-order chi connectivity index (χ1) is 10.7. The Hall–Kier alpha value is -2.88. The zero-order valence-electron chi connectivity index (χ0n) is 12.2. The minimum absolute atomic E-state index is 0.0830. The number of aromatic nitrogens is 1. The Morgan fingerprint density at radius 1 is 1.14 bits per heavy atom. The van der Waals surface area contributed by atoms with E-state index < -0.39 is 0 Å². The van der Waals surface area contributed by atoms with Crippen molar-refractivity contribution in [3.63, 3.8) is 0 Å². The van der Waals surface area contributed by atoms with Gasteiger partial charge in [0.1, 0.15) is 5.52 Å². The number of aromatic hydroxyl groups is 1. The summed E-state index contributed by atoms with van der Waals surface area (Å²) in [5.74, 6) is -0.395. The Morgan fingerprint density at radius 2 is 1.95 bits per heavy atom. The highest BCUT2D eigenvalue weighted by atomic mass is 16.3. The van der Waals surface area contributed by atoms with Crippen molar-refractivity contribution in [2.75, 3.05) is 0 Å². The van der Waals surface area contributed by atoms with Crippen LogP contribution >= 0.6 is 0 Å². The van der Waals surface area contributed by atoms with E-state index >= 15 is 0 Å². The Morgan fingerprint density at radius 3 is 2.77 bits per heavy atom. The van der Waals surface area contributed by atoms with Crippen molar-refractivity contribution in [3.8, 4) is 5.75 Å². The molecule has 4 nitrogen and oxygen atoms in total. The van der Waals surface area contributed by atoms with Crippen LogP contribution in [0.15, 0.2) is 54.7 Å². The quantitative estimate of drug-likeness (QED) is 0.779. The number of nitrogens with one attached hydrogen (secondary N) is 1. The number of phenols is 1. The largest absolute Gasteiger partial charge is 0.505 e. The number of pyridine rings is 1. The van der Waals surface area contributed by atoms with Crippen molar-refractivity contribution < 1.29 is 9.90 Å². The lowest BCUT2D eigenvalue weighted by Gasteiger charge is -2.10. The number of rotatable bonds is 3. The van der Waals surface area contributed by atoms with Crippen LogP contribution in [0.25, 0.3) is 10.9 Å². The van der Waals surface area contributed by atoms with Crippen LogP contribution in [0.5, 0.6) is 5.75 Å². The van der Waals surface area contributed by atoms with Crippen molar-refractivity contribution in [1.82, 2.24) is 10.3 Å². The summed E-state index contributed by atoms with van der Waals surface area (Å²) in [6, 6.07) is 14.9. The number of fused-ring (bicyclic) bond motifs is 1. The highest BCUT2D eigenvalue weighted by Crippen LogP contribution is 2.26. The van der Waals surface area contributed by atoms with Gasteiger partial charge in [0.05, 0.1) is 5.56 Å². The topological polar surface area (TPSA) is 62.2 Å². The lowest BCUT2D eigenvalue weighted by Crippen LogP contribution is -2.23. The van der Waals surface area contributed by atoms with Crippen LogP contribution in [-0.2, 0) is 6.54 Å². The molecule has 3 rings (SSSR count). The second-order valence-corrected chi connectivity index (χ2v) is 5.15. The predicted molar refractivity (Wildman–Crippen MR) is 85.8 cm³/mol. The maximum absolute atomic E-state index is 12.3. The zero-order valence-corrected chi connectivity index (χ0v) is 12.2. The molecule has 0 aliphatic heterocycles. The zero-order chi connectivity index (χ0) is 15.5. The molecule has 0 aliphatic carbocycles. The van der Waals surface area contributed by atoms with E-state index in [1.54, 1.807) is 24.4 Å². The summed E-state index contributed by atoms with van der Waals surface area (Å²) in [4.78, 5) is 16.4. The van der Waals surface area contributed by atoms with Crippen molar-refractivity contribution in [3.05, 3.63) is 71.4 Å². The summed E-state index contributed by atoms with van der Waals surface area (Å²) in [5, 5.41) is 13.9. The lowest BCUT2D eigenvalue weighted by atomic mass is 10.1. The molecule has 0 atom stereocenters. The average Bonchev–Trinajstić information content (AvgIpc) is 2.54. The molecule has 0 bridgehead atoms. The van der Waals surface area contributed by atoms with Gasteiger partial charge in [-0.3, -0.25) is 9.78 Å². The number of carbonyl (C=O) groups excluding carboxylic acids is 1. The van der Waals surface area contributed by atoms with Gasteiger partial charge in [0.25, 0.3) is 5.91 Å². The third-order valence-electron chi connectivity index (χ3n) is 3.69. The van der Waals surface area contributed by atoms with E-state index in [0.717, 1.165) is 16.5 Å². The van der Waals surface area contributed by atoms with Crippen LogP contribution in [0.4, 0.5) is 0 Å². The van der Waals surface area contributed by atoms with Gasteiger partial charge in [0, 0.05) is 18.1 Å². The van der Waals surface area contributed by atoms with E-state index in [0.29, 0.717) is 12.1 Å². The molecule has 110 valence electrons. The summed E-state index contributed by atoms with van der Waals surface area (Å²) in [6.45, 7) is 2.42. The van der Waals surface area contributed by atoms with Crippen LogP contribution in [0.3, 0.4) is 0 Å². The van der Waals surface area contributed by atoms with Gasteiger partial charge in [0.2, 0.25) is 0 Å². The molecule has 0 aliphatic rings. The normalized spacial score (nSPS) is 10.6. The molecule has 1 aromatic heterocycles. The molecular weight excluding hydrogens is 276 g/mol. The Kier molecular flexibility index (Phi) is 3.74. The minimum Gasteiger partial charge on any atom is -0.505 e. The monoisotopic (exact) mass is 292 g/mol. The predicted octanol–water partition coefficient (Wildman–Crippen LogP) is 3.18. The maximum Gasteiger partial charge on any atom is 0.255 e. The summed E-state index contributed by atoms with van der Waals surface area (Å²) in [7, 11) is 0. The Balaban J connectivity index is 1.84. The van der Waals surface area contributed by atoms with Crippen LogP contribution in [0.2, 0.25) is 0 Å². The second kappa shape index (κ2) is 5.85. The van der Waals surface area contributed by atoms with Crippen molar-refractivity contribution in [1.29, 1.82) is 0 Å². The highest BCUT2D eigenvalue weighted by molar-refractivity contribution is 6.02. The number of hydrogen-bond acceptors (Lipinski definition) is 3. The van der Waals surface area contributed by atoms with E-state index in [1.807, 2.05) is 37.3 Å². The van der Waals surface area contributed by atoms with Crippen LogP contribution < -0.4 is 5.32 Å². The average molecular weight is 292 g/mol. The molecule has 2 aromatic carbocycles. The molecular formula is C18H16N2O2. The third-order valence-corrected chi connectivity index (χ3v) is 3.69. The molecule has 0 radical (unpaired) electrons. The molecule has 4 heteroatoms.